The maximum Gasteiger partial charge on any atom is 0.309 e. The second-order valence-corrected chi connectivity index (χ2v) is 9.00. The van der Waals surface area contributed by atoms with Crippen LogP contribution in [0.3, 0.4) is 0 Å². The number of rotatable bonds is 13. The molecule has 0 radical (unpaired) electrons. The van der Waals surface area contributed by atoms with Crippen LogP contribution in [0.5, 0.6) is 11.5 Å². The Hall–Kier alpha value is -2.24. The summed E-state index contributed by atoms with van der Waals surface area (Å²) in [7, 11) is 0. The number of unbranched alkanes of at least 4 members (excludes halogenated alkanes) is 3. The lowest BCUT2D eigenvalue weighted by Crippen LogP contribution is -2.14. The molecule has 6 heteroatoms. The summed E-state index contributed by atoms with van der Waals surface area (Å²) in [5, 5.41) is 39.1. The minimum Gasteiger partial charge on any atom is -0.508 e. The molecule has 2 fully saturated rings. The number of phenols is 2. The molecule has 0 atom stereocenters. The van der Waals surface area contributed by atoms with Crippen molar-refractivity contribution in [2.45, 2.75) is 83.5 Å². The van der Waals surface area contributed by atoms with Crippen molar-refractivity contribution in [1.82, 2.24) is 0 Å². The first-order valence-corrected chi connectivity index (χ1v) is 10.8. The lowest BCUT2D eigenvalue weighted by molar-refractivity contribution is -0.144. The van der Waals surface area contributed by atoms with Gasteiger partial charge < -0.3 is 20.4 Å². The second-order valence-electron chi connectivity index (χ2n) is 9.00. The Morgan fingerprint density at radius 1 is 0.690 bits per heavy atom. The van der Waals surface area contributed by atoms with Crippen LogP contribution in [0, 0.1) is 10.8 Å². The van der Waals surface area contributed by atoms with Crippen molar-refractivity contribution in [3.05, 3.63) is 23.3 Å². The minimum atomic E-state index is -0.700. The average molecular weight is 405 g/mol. The van der Waals surface area contributed by atoms with Crippen molar-refractivity contribution in [3.8, 4) is 11.5 Å². The van der Waals surface area contributed by atoms with Gasteiger partial charge in [0.2, 0.25) is 0 Å². The van der Waals surface area contributed by atoms with Gasteiger partial charge in [-0.2, -0.15) is 0 Å². The van der Waals surface area contributed by atoms with Crippen molar-refractivity contribution in [2.24, 2.45) is 10.8 Å². The molecular formula is C23H32O6. The van der Waals surface area contributed by atoms with E-state index in [1.807, 2.05) is 0 Å². The maximum atomic E-state index is 11.3. The largest absolute Gasteiger partial charge is 0.508 e. The summed E-state index contributed by atoms with van der Waals surface area (Å²) in [6.45, 7) is 0. The van der Waals surface area contributed by atoms with Crippen molar-refractivity contribution in [2.75, 3.05) is 0 Å². The van der Waals surface area contributed by atoms with Gasteiger partial charge in [0, 0.05) is 11.1 Å². The predicted molar refractivity (Wildman–Crippen MR) is 108 cm³/mol. The molecule has 6 nitrogen and oxygen atoms in total. The number of carbonyl (C=O) groups is 2. The second kappa shape index (κ2) is 8.64. The smallest absolute Gasteiger partial charge is 0.309 e. The third-order valence-corrected chi connectivity index (χ3v) is 6.91. The first-order valence-electron chi connectivity index (χ1n) is 10.8. The van der Waals surface area contributed by atoms with Gasteiger partial charge in [-0.25, -0.2) is 0 Å². The van der Waals surface area contributed by atoms with Crippen LogP contribution < -0.4 is 0 Å². The highest BCUT2D eigenvalue weighted by molar-refractivity contribution is 5.78. The molecule has 2 aliphatic carbocycles. The van der Waals surface area contributed by atoms with Crippen molar-refractivity contribution < 1.29 is 30.0 Å². The minimum absolute atomic E-state index is 0.181. The summed E-state index contributed by atoms with van der Waals surface area (Å²) < 4.78 is 0. The molecule has 29 heavy (non-hydrogen) atoms. The SMILES string of the molecule is O=C(O)C1(CCCCCc2c(O)ccc(O)c2CCCCC2(C(=O)O)CC2)CC1. The van der Waals surface area contributed by atoms with Crippen molar-refractivity contribution >= 4 is 11.9 Å². The van der Waals surface area contributed by atoms with E-state index in [2.05, 4.69) is 0 Å². The summed E-state index contributed by atoms with van der Waals surface area (Å²) in [6.07, 6.45) is 9.88. The van der Waals surface area contributed by atoms with E-state index in [1.54, 1.807) is 0 Å². The van der Waals surface area contributed by atoms with Gasteiger partial charge in [-0.1, -0.05) is 19.3 Å². The van der Waals surface area contributed by atoms with Crippen LogP contribution in [0.25, 0.3) is 0 Å². The summed E-state index contributed by atoms with van der Waals surface area (Å²) in [4.78, 5) is 22.5. The highest BCUT2D eigenvalue weighted by atomic mass is 16.4. The normalized spacial score (nSPS) is 18.3. The third kappa shape index (κ3) is 5.03. The van der Waals surface area contributed by atoms with Crippen LogP contribution in [0.4, 0.5) is 0 Å². The molecule has 0 heterocycles. The quantitative estimate of drug-likeness (QED) is 0.281. The standard InChI is InChI=1S/C23H32O6/c24-18-8-9-19(25)17(7-3-5-11-23(14-15-23)21(28)29)16(18)6-2-1-4-10-22(12-13-22)20(26)27/h8-9,24-25H,1-7,10-15H2,(H,26,27)(H,28,29). The highest BCUT2D eigenvalue weighted by Crippen LogP contribution is 2.51. The fourth-order valence-corrected chi connectivity index (χ4v) is 4.38. The van der Waals surface area contributed by atoms with Crippen molar-refractivity contribution in [3.63, 3.8) is 0 Å². The Labute approximate surface area is 171 Å². The van der Waals surface area contributed by atoms with E-state index < -0.39 is 22.8 Å². The molecule has 2 saturated carbocycles. The van der Waals surface area contributed by atoms with Gasteiger partial charge in [0.15, 0.2) is 0 Å². The number of phenolic OH excluding ortho intramolecular Hbond substituents is 2. The number of hydrogen-bond acceptors (Lipinski definition) is 4. The summed E-state index contributed by atoms with van der Waals surface area (Å²) in [6, 6.07) is 3.03. The highest BCUT2D eigenvalue weighted by Gasteiger charge is 2.49. The molecule has 0 aliphatic heterocycles. The van der Waals surface area contributed by atoms with Gasteiger partial charge in [-0.15, -0.1) is 0 Å². The van der Waals surface area contributed by atoms with Crippen molar-refractivity contribution in [1.29, 1.82) is 0 Å². The Balaban J connectivity index is 1.47. The fraction of sp³-hybridized carbons (Fsp3) is 0.652. The van der Waals surface area contributed by atoms with Gasteiger partial charge in [0.1, 0.15) is 11.5 Å². The predicted octanol–water partition coefficient (Wildman–Crippen LogP) is 4.64. The van der Waals surface area contributed by atoms with Gasteiger partial charge in [-0.05, 0) is 76.3 Å². The Morgan fingerprint density at radius 3 is 1.45 bits per heavy atom. The lowest BCUT2D eigenvalue weighted by Gasteiger charge is -2.15. The van der Waals surface area contributed by atoms with Gasteiger partial charge in [0.25, 0.3) is 0 Å². The van der Waals surface area contributed by atoms with E-state index >= 15 is 0 Å². The lowest BCUT2D eigenvalue weighted by atomic mass is 9.92. The van der Waals surface area contributed by atoms with E-state index in [9.17, 15) is 30.0 Å². The molecule has 1 aromatic carbocycles. The average Bonchev–Trinajstić information content (AvgIpc) is 3.58. The number of aromatic hydroxyl groups is 2. The van der Waals surface area contributed by atoms with E-state index in [1.165, 1.54) is 12.1 Å². The topological polar surface area (TPSA) is 115 Å². The van der Waals surface area contributed by atoms with Crippen LogP contribution in [-0.4, -0.2) is 32.4 Å². The summed E-state index contributed by atoms with van der Waals surface area (Å²) >= 11 is 0. The zero-order valence-electron chi connectivity index (χ0n) is 17.0. The zero-order chi connectivity index (χ0) is 21.1. The first-order chi connectivity index (χ1) is 13.8. The van der Waals surface area contributed by atoms with Crippen LogP contribution >= 0.6 is 0 Å². The van der Waals surface area contributed by atoms with Crippen LogP contribution in [-0.2, 0) is 22.4 Å². The monoisotopic (exact) mass is 404 g/mol. The number of carboxylic acids is 2. The van der Waals surface area contributed by atoms with Gasteiger partial charge in [0.05, 0.1) is 10.8 Å². The Kier molecular flexibility index (Phi) is 6.39. The van der Waals surface area contributed by atoms with E-state index in [4.69, 9.17) is 0 Å². The van der Waals surface area contributed by atoms with Gasteiger partial charge in [-0.3, -0.25) is 9.59 Å². The van der Waals surface area contributed by atoms with E-state index in [-0.39, 0.29) is 11.5 Å². The van der Waals surface area contributed by atoms with Crippen LogP contribution in [0.15, 0.2) is 12.1 Å². The fourth-order valence-electron chi connectivity index (χ4n) is 4.38. The molecule has 0 unspecified atom stereocenters. The molecule has 4 N–H and O–H groups in total. The molecule has 0 saturated heterocycles. The first kappa shape index (κ1) is 21.5. The van der Waals surface area contributed by atoms with E-state index in [0.717, 1.165) is 68.9 Å². The number of benzene rings is 1. The molecule has 3 rings (SSSR count). The van der Waals surface area contributed by atoms with Crippen LogP contribution in [0.2, 0.25) is 0 Å². The number of hydrogen-bond donors (Lipinski definition) is 4. The molecule has 2 aliphatic rings. The Bertz CT molecular complexity index is 761. The van der Waals surface area contributed by atoms with E-state index in [0.29, 0.717) is 25.7 Å². The third-order valence-electron chi connectivity index (χ3n) is 6.91. The zero-order valence-corrected chi connectivity index (χ0v) is 17.0. The molecule has 0 aromatic heterocycles. The number of carboxylic acid groups (broad SMARTS) is 2. The molecule has 0 amide bonds. The molecule has 160 valence electrons. The maximum absolute atomic E-state index is 11.3. The Morgan fingerprint density at radius 2 is 1.07 bits per heavy atom. The number of aliphatic carboxylic acids is 2. The van der Waals surface area contributed by atoms with Gasteiger partial charge >= 0.3 is 11.9 Å². The molecule has 0 bridgehead atoms. The molecule has 0 spiro atoms. The summed E-state index contributed by atoms with van der Waals surface area (Å²) in [5.74, 6) is -1.01. The summed E-state index contributed by atoms with van der Waals surface area (Å²) in [5.41, 5.74) is 0.532. The molecule has 1 aromatic rings. The van der Waals surface area contributed by atoms with Crippen LogP contribution in [0.1, 0.15) is 81.8 Å². The molecular weight excluding hydrogens is 372 g/mol.